The number of quaternary nitrogens is 3. The average Bonchev–Trinajstić information content (AvgIpc) is 1.56. The molecule has 2 aliphatic rings. The average molecular weight is 1760 g/mol. The van der Waals surface area contributed by atoms with Crippen molar-refractivity contribution >= 4 is 85.6 Å². The number of aryl methyl sites for hydroxylation is 1. The second-order valence-electron chi connectivity index (χ2n) is 34.6. The van der Waals surface area contributed by atoms with Gasteiger partial charge in [0.1, 0.15) is 32.2 Å². The number of halogens is 1. The van der Waals surface area contributed by atoms with E-state index < -0.39 is 72.6 Å². The SMILES string of the molecule is CC1(C)C(C=CC(=CC=C2N(CCCCS(=O)(=O)[O-])c3ccc4c(S(=O)(=O)[O-])cc(S(=O)(=O)[O-])cc4c3C2(C)C)c2cccc(OCCCCO)c2)=Nc2c1cc(Cl)c[n+]2CCCCS(=O)(=O)[O-].CCCC[N+](CCCC)(CCCC)CCCC.CCCC[N+](CCCC)(CCCC)CCCC.CCCC[N+](CCCC)(CCCC)CCCC. The molecule has 4 aromatic rings. The van der Waals surface area contributed by atoms with E-state index in [1.807, 2.05) is 65.8 Å². The smallest absolute Gasteiger partial charge is 0.327 e. The molecule has 0 radical (unpaired) electrons. The van der Waals surface area contributed by atoms with Crippen molar-refractivity contribution in [1.82, 2.24) is 0 Å². The molecule has 0 saturated carbocycles. The molecule has 0 atom stereocenters. The van der Waals surface area contributed by atoms with Gasteiger partial charge in [0.2, 0.25) is 0 Å². The number of pyridine rings is 1. The number of unbranched alkanes of at least 4 members (excludes halogenated alkanes) is 15. The fourth-order valence-corrected chi connectivity index (χ4v) is 19.2. The quantitative estimate of drug-likeness (QED) is 0.0141. The highest BCUT2D eigenvalue weighted by atomic mass is 35.5. The summed E-state index contributed by atoms with van der Waals surface area (Å²) < 4.78 is 155. The number of aliphatic hydroxyl groups is 1. The Kier molecular flexibility index (Phi) is 50.1. The van der Waals surface area contributed by atoms with Gasteiger partial charge in [0.05, 0.1) is 138 Å². The number of ether oxygens (including phenoxy) is 1. The maximum Gasteiger partial charge on any atom is 0.327 e. The molecule has 0 saturated heterocycles. The fraction of sp³-hybridized carbons (Fsp3) is 0.702. The normalized spacial score (nSPS) is 14.7. The summed E-state index contributed by atoms with van der Waals surface area (Å²) in [5.41, 5.74) is 2.40. The van der Waals surface area contributed by atoms with Crippen LogP contribution in [-0.4, -0.2) is 186 Å². The minimum atomic E-state index is -5.30. The van der Waals surface area contributed by atoms with E-state index >= 15 is 0 Å². The second kappa shape index (κ2) is 54.9. The van der Waals surface area contributed by atoms with E-state index in [-0.39, 0.29) is 43.2 Å². The van der Waals surface area contributed by atoms with Gasteiger partial charge in [-0.15, -0.1) is 0 Å². The zero-order valence-electron chi connectivity index (χ0n) is 76.5. The summed E-state index contributed by atoms with van der Waals surface area (Å²) >= 11 is 6.58. The Bertz CT molecular complexity index is 4040. The van der Waals surface area contributed by atoms with Crippen LogP contribution in [-0.2, 0) is 57.8 Å². The molecule has 119 heavy (non-hydrogen) atoms. The lowest BCUT2D eigenvalue weighted by Crippen LogP contribution is -2.50. The van der Waals surface area contributed by atoms with Gasteiger partial charge in [-0.1, -0.05) is 216 Å². The summed E-state index contributed by atoms with van der Waals surface area (Å²) in [6, 6.07) is 13.6. The summed E-state index contributed by atoms with van der Waals surface area (Å²) in [5.74, 6) is 0.0247. The molecule has 3 heterocycles. The number of allylic oxidation sites excluding steroid dienone is 6. The lowest BCUT2D eigenvalue weighted by Gasteiger charge is -2.39. The predicted octanol–water partition coefficient (Wildman–Crippen LogP) is 21.1. The monoisotopic (exact) mass is 1760 g/mol. The first kappa shape index (κ1) is 109. The highest BCUT2D eigenvalue weighted by Crippen LogP contribution is 2.52. The van der Waals surface area contributed by atoms with E-state index in [1.54, 1.807) is 38.3 Å². The van der Waals surface area contributed by atoms with Gasteiger partial charge in [-0.05, 0) is 210 Å². The van der Waals surface area contributed by atoms with Crippen LogP contribution in [0.4, 0.5) is 11.5 Å². The summed E-state index contributed by atoms with van der Waals surface area (Å²) in [4.78, 5) is 5.05. The Morgan fingerprint density at radius 3 is 1.33 bits per heavy atom. The first-order valence-electron chi connectivity index (χ1n) is 45.8. The van der Waals surface area contributed by atoms with Crippen molar-refractivity contribution in [2.75, 3.05) is 115 Å². The Hall–Kier alpha value is -4.67. The minimum absolute atomic E-state index is 0.00141. The van der Waals surface area contributed by atoms with Crippen molar-refractivity contribution in [2.45, 2.75) is 331 Å². The molecule has 1 N–H and O–H groups in total. The number of aliphatic imine (C=N–C) groups is 1. The molecule has 2 aliphatic heterocycles. The molecule has 3 aromatic carbocycles. The zero-order chi connectivity index (χ0) is 89.0. The van der Waals surface area contributed by atoms with Gasteiger partial charge in [0.25, 0.3) is 0 Å². The zero-order valence-corrected chi connectivity index (χ0v) is 80.5. The van der Waals surface area contributed by atoms with Crippen LogP contribution in [0, 0.1) is 0 Å². The van der Waals surface area contributed by atoms with E-state index in [0.29, 0.717) is 88.9 Å². The van der Waals surface area contributed by atoms with Crippen LogP contribution in [0.5, 0.6) is 5.75 Å². The van der Waals surface area contributed by atoms with E-state index in [2.05, 4.69) is 83.1 Å². The lowest BCUT2D eigenvalue weighted by molar-refractivity contribution is -0.929. The third-order valence-electron chi connectivity index (χ3n) is 23.8. The van der Waals surface area contributed by atoms with Crippen LogP contribution < -0.4 is 14.2 Å². The van der Waals surface area contributed by atoms with Gasteiger partial charge in [-0.3, -0.25) is 0 Å². The Balaban J connectivity index is 0.000000575. The molecule has 0 amide bonds. The highest BCUT2D eigenvalue weighted by Gasteiger charge is 2.44. The molecule has 0 unspecified atom stereocenters. The summed E-state index contributed by atoms with van der Waals surface area (Å²) in [7, 11) is -19.5. The maximum absolute atomic E-state index is 12.5. The van der Waals surface area contributed by atoms with Gasteiger partial charge in [-0.2, -0.15) is 0 Å². The van der Waals surface area contributed by atoms with Crippen molar-refractivity contribution in [2.24, 2.45) is 4.99 Å². The molecule has 0 bridgehead atoms. The molecule has 20 nitrogen and oxygen atoms in total. The molecule has 0 aliphatic carbocycles. The van der Waals surface area contributed by atoms with E-state index in [4.69, 9.17) is 21.3 Å². The number of anilines is 1. The summed E-state index contributed by atoms with van der Waals surface area (Å²) in [5, 5.41) is 9.64. The Morgan fingerprint density at radius 2 is 0.933 bits per heavy atom. The minimum Gasteiger partial charge on any atom is -0.748 e. The van der Waals surface area contributed by atoms with Gasteiger partial charge >= 0.3 is 5.82 Å². The molecule has 0 fully saturated rings. The maximum atomic E-state index is 12.5. The lowest BCUT2D eigenvalue weighted by atomic mass is 9.81. The number of benzene rings is 3. The van der Waals surface area contributed by atoms with Gasteiger partial charge in [-0.25, -0.2) is 38.2 Å². The second-order valence-corrected chi connectivity index (χ2v) is 40.8. The molecule has 6 rings (SSSR count). The predicted molar refractivity (Wildman–Crippen MR) is 491 cm³/mol. The molecular formula is C94H159ClN6O14S4. The molecule has 0 spiro atoms. The molecule has 25 heteroatoms. The molecule has 680 valence electrons. The number of fused-ring (bicyclic) bond motifs is 4. The summed E-state index contributed by atoms with van der Waals surface area (Å²) in [6.45, 7) is 53.4. The third kappa shape index (κ3) is 37.2. The number of aliphatic hydroxyl groups excluding tert-OH is 1. The van der Waals surface area contributed by atoms with Crippen LogP contribution >= 0.6 is 11.6 Å². The van der Waals surface area contributed by atoms with E-state index in [0.717, 1.165) is 11.6 Å². The fourth-order valence-electron chi connectivity index (χ4n) is 16.5. The van der Waals surface area contributed by atoms with Crippen molar-refractivity contribution in [3.05, 3.63) is 113 Å². The van der Waals surface area contributed by atoms with Gasteiger partial charge in [0.15, 0.2) is 5.71 Å². The topological polar surface area (TPSA) is 278 Å². The first-order chi connectivity index (χ1) is 56.3. The van der Waals surface area contributed by atoms with Crippen LogP contribution in [0.25, 0.3) is 16.3 Å². The number of nitrogens with zero attached hydrogens (tertiary/aromatic N) is 6. The Morgan fingerprint density at radius 1 is 0.504 bits per heavy atom. The van der Waals surface area contributed by atoms with Crippen LogP contribution in [0.2, 0.25) is 5.02 Å². The number of rotatable bonds is 57. The van der Waals surface area contributed by atoms with Crippen molar-refractivity contribution in [3.63, 3.8) is 0 Å². The van der Waals surface area contributed by atoms with Crippen molar-refractivity contribution < 1.29 is 79.7 Å². The molecular weight excluding hydrogens is 1600 g/mol. The highest BCUT2D eigenvalue weighted by molar-refractivity contribution is 7.87. The number of hydrogen-bond acceptors (Lipinski definition) is 16. The largest absolute Gasteiger partial charge is 0.748 e. The van der Waals surface area contributed by atoms with E-state index in [9.17, 15) is 57.0 Å². The molecule has 1 aromatic heterocycles. The van der Waals surface area contributed by atoms with Crippen LogP contribution in [0.1, 0.15) is 320 Å². The third-order valence-corrected chi connectivity index (χ3v) is 27.3. The van der Waals surface area contributed by atoms with Crippen LogP contribution in [0.15, 0.2) is 106 Å². The van der Waals surface area contributed by atoms with E-state index in [1.165, 1.54) is 252 Å². The van der Waals surface area contributed by atoms with Gasteiger partial charge < -0.3 is 46.4 Å². The van der Waals surface area contributed by atoms with Gasteiger partial charge in [0, 0.05) is 41.5 Å². The van der Waals surface area contributed by atoms with Crippen molar-refractivity contribution in [3.8, 4) is 5.75 Å². The first-order valence-corrected chi connectivity index (χ1v) is 52.2. The standard InChI is InChI=1S/C46H54ClN3O14S4.3C16H36N/c1-45(2)38-27-33(47)30-49(20-5-9-24-65(52,53)54)44(38)48-41(45)18-14-31(32-12-11-13-34(26-32)64-23-8-7-22-51)15-19-42-46(3,4)43-37-28-35(67(58,59)60)29-40(68(61,62)63)36(37)16-17-39(43)50(42)21-6-10-25-66(55,56)57;3*1-5-9-13-17(14-10-6-2,15-11-7-3)16-12-8-4/h11-19,26-30,51H,5-10,20-25H2,1-4H3,(H3-,52,53,54,55,56,57,58,59,60,61,62,63);3*5-16H2,1-4H3/q;3*+1/p-3. The number of hydrogen-bond donors (Lipinski definition) is 1. The van der Waals surface area contributed by atoms with Crippen molar-refractivity contribution in [1.29, 1.82) is 0 Å². The Labute approximate surface area is 729 Å². The number of aromatic nitrogens is 1. The van der Waals surface area contributed by atoms with Crippen LogP contribution in [0.3, 0.4) is 0 Å². The summed E-state index contributed by atoms with van der Waals surface area (Å²) in [6.07, 6.45) is 44.1.